The van der Waals surface area contributed by atoms with E-state index in [0.717, 1.165) is 48.7 Å². The standard InChI is InChI=1S/C37H39NS8/c1-5-39-34-35(40-6-2)44-32(43-34)29-18-24-11-13-25(14-12-24)19-30(33-45-36(41-7-3)37(46-33)42-8-4)22-27-16-15-26(20-29)21-31(27)28-10-9-17-38-23-28/h9-17,21,23H,5-8,18-20,22H2,1-4H3. The van der Waals surface area contributed by atoms with Gasteiger partial charge in [-0.3, -0.25) is 4.98 Å². The summed E-state index contributed by atoms with van der Waals surface area (Å²) in [6.07, 6.45) is 7.77. The summed E-state index contributed by atoms with van der Waals surface area (Å²) in [5, 5.41) is 0. The van der Waals surface area contributed by atoms with Crippen LogP contribution in [-0.4, -0.2) is 28.0 Å². The zero-order valence-corrected chi connectivity index (χ0v) is 33.3. The van der Waals surface area contributed by atoms with E-state index in [1.54, 1.807) is 0 Å². The van der Waals surface area contributed by atoms with E-state index < -0.39 is 0 Å². The Morgan fingerprint density at radius 3 is 1.48 bits per heavy atom. The molecule has 4 aliphatic carbocycles. The van der Waals surface area contributed by atoms with Gasteiger partial charge in [-0.1, -0.05) is 123 Å². The molecule has 2 aromatic carbocycles. The van der Waals surface area contributed by atoms with Gasteiger partial charge in [0, 0.05) is 18.0 Å². The van der Waals surface area contributed by atoms with Crippen LogP contribution in [0.2, 0.25) is 0 Å². The minimum atomic E-state index is 0.939. The zero-order chi connectivity index (χ0) is 31.9. The minimum absolute atomic E-state index is 0.939. The average molecular weight is 754 g/mol. The van der Waals surface area contributed by atoms with Gasteiger partial charge in [0.15, 0.2) is 0 Å². The summed E-state index contributed by atoms with van der Waals surface area (Å²) >= 11 is 16.0. The summed E-state index contributed by atoms with van der Waals surface area (Å²) in [5.74, 6) is 4.44. The molecule has 1 aromatic heterocycles. The first-order chi connectivity index (χ1) is 22.6. The van der Waals surface area contributed by atoms with Gasteiger partial charge in [-0.25, -0.2) is 0 Å². The van der Waals surface area contributed by atoms with Crippen molar-refractivity contribution in [1.29, 1.82) is 0 Å². The third-order valence-electron chi connectivity index (χ3n) is 7.58. The van der Waals surface area contributed by atoms with Crippen molar-refractivity contribution in [3.8, 4) is 11.1 Å². The number of rotatable bonds is 9. The molecule has 1 nitrogen and oxygen atoms in total. The highest BCUT2D eigenvalue weighted by molar-refractivity contribution is 8.41. The Balaban J connectivity index is 1.43. The van der Waals surface area contributed by atoms with Gasteiger partial charge in [-0.05, 0) is 93.7 Å². The lowest BCUT2D eigenvalue weighted by Crippen LogP contribution is -2.04. The van der Waals surface area contributed by atoms with E-state index in [1.165, 1.54) is 69.9 Å². The summed E-state index contributed by atoms with van der Waals surface area (Å²) < 4.78 is 8.90. The second kappa shape index (κ2) is 17.3. The molecule has 2 aliphatic heterocycles. The second-order valence-electron chi connectivity index (χ2n) is 10.8. The highest BCUT2D eigenvalue weighted by Crippen LogP contribution is 2.60. The van der Waals surface area contributed by atoms with Crippen molar-refractivity contribution < 1.29 is 0 Å². The van der Waals surface area contributed by atoms with Crippen molar-refractivity contribution >= 4 is 94.1 Å². The van der Waals surface area contributed by atoms with Crippen molar-refractivity contribution in [3.05, 3.63) is 126 Å². The fourth-order valence-electron chi connectivity index (χ4n) is 5.55. The lowest BCUT2D eigenvalue weighted by molar-refractivity contribution is 1.00. The summed E-state index contributed by atoms with van der Waals surface area (Å²) in [7, 11) is 0. The van der Waals surface area contributed by atoms with Gasteiger partial charge in [0.1, 0.15) is 0 Å². The first-order valence-corrected chi connectivity index (χ1v) is 23.0. The molecule has 0 saturated carbocycles. The molecule has 3 aromatic rings. The summed E-state index contributed by atoms with van der Waals surface area (Å²) in [4.78, 5) is 4.55. The van der Waals surface area contributed by atoms with Crippen LogP contribution in [-0.2, 0) is 25.7 Å². The lowest BCUT2D eigenvalue weighted by Gasteiger charge is -2.19. The third-order valence-corrected chi connectivity index (χ3v) is 18.5. The molecule has 0 atom stereocenters. The van der Waals surface area contributed by atoms with Crippen molar-refractivity contribution in [1.82, 2.24) is 4.98 Å². The largest absolute Gasteiger partial charge is 0.264 e. The van der Waals surface area contributed by atoms with E-state index >= 15 is 0 Å². The molecule has 3 heterocycles. The van der Waals surface area contributed by atoms with Crippen LogP contribution in [0, 0.1) is 0 Å². The molecule has 240 valence electrons. The van der Waals surface area contributed by atoms with E-state index in [9.17, 15) is 0 Å². The van der Waals surface area contributed by atoms with E-state index in [0.29, 0.717) is 0 Å². The molecule has 0 radical (unpaired) electrons. The Hall–Kier alpha value is -0.650. The average Bonchev–Trinajstić information content (AvgIpc) is 3.66. The Kier molecular flexibility index (Phi) is 13.3. The predicted molar refractivity (Wildman–Crippen MR) is 222 cm³/mol. The van der Waals surface area contributed by atoms with Crippen LogP contribution in [0.3, 0.4) is 0 Å². The van der Waals surface area contributed by atoms with Crippen LogP contribution in [0.1, 0.15) is 49.9 Å². The highest BCUT2D eigenvalue weighted by atomic mass is 32.3. The van der Waals surface area contributed by atoms with Crippen molar-refractivity contribution in [2.45, 2.75) is 53.4 Å². The summed E-state index contributed by atoms with van der Waals surface area (Å²) in [6.45, 7) is 9.06. The Bertz CT molecular complexity index is 1630. The van der Waals surface area contributed by atoms with E-state index in [-0.39, 0.29) is 0 Å². The van der Waals surface area contributed by atoms with E-state index in [1.807, 2.05) is 106 Å². The number of allylic oxidation sites excluding steroid dienone is 2. The van der Waals surface area contributed by atoms with Crippen LogP contribution in [0.25, 0.3) is 11.1 Å². The fourth-order valence-corrected chi connectivity index (χ4v) is 17.0. The monoisotopic (exact) mass is 753 g/mol. The maximum atomic E-state index is 4.55. The molecular formula is C37H39NS8. The molecule has 46 heavy (non-hydrogen) atoms. The van der Waals surface area contributed by atoms with Gasteiger partial charge < -0.3 is 0 Å². The van der Waals surface area contributed by atoms with Gasteiger partial charge in [0.2, 0.25) is 0 Å². The van der Waals surface area contributed by atoms with Crippen LogP contribution < -0.4 is 0 Å². The van der Waals surface area contributed by atoms with E-state index in [4.69, 9.17) is 0 Å². The Morgan fingerprint density at radius 2 is 1.02 bits per heavy atom. The molecule has 0 spiro atoms. The molecule has 6 aliphatic rings. The fraction of sp³-hybridized carbons (Fsp3) is 0.324. The van der Waals surface area contributed by atoms with Crippen LogP contribution in [0.4, 0.5) is 0 Å². The smallest absolute Gasteiger partial charge is 0.0659 e. The molecule has 9 rings (SSSR count). The SMILES string of the molecule is CCSC1=C(SCC)SC(=C2Cc3ccc(cc3)CC(=C3SC(SCC)=C(SCC)S3)Cc3ccc(cc3-c3cccnc3)C2)S1. The maximum Gasteiger partial charge on any atom is 0.0659 e. The minimum Gasteiger partial charge on any atom is -0.264 e. The lowest BCUT2D eigenvalue weighted by atomic mass is 9.89. The van der Waals surface area contributed by atoms with Gasteiger partial charge in [0.05, 0.1) is 25.4 Å². The molecule has 0 fully saturated rings. The topological polar surface area (TPSA) is 12.9 Å². The van der Waals surface area contributed by atoms with Gasteiger partial charge >= 0.3 is 0 Å². The third kappa shape index (κ3) is 8.73. The predicted octanol–water partition coefficient (Wildman–Crippen LogP) is 13.3. The van der Waals surface area contributed by atoms with E-state index in [2.05, 4.69) is 87.3 Å². The number of hydrogen-bond donors (Lipinski definition) is 0. The number of pyridine rings is 1. The second-order valence-corrected chi connectivity index (χ2v) is 21.6. The molecule has 9 heteroatoms. The zero-order valence-electron chi connectivity index (χ0n) is 26.7. The number of aromatic nitrogens is 1. The maximum absolute atomic E-state index is 4.55. The molecular weight excluding hydrogens is 715 g/mol. The van der Waals surface area contributed by atoms with Crippen LogP contribution in [0.5, 0.6) is 0 Å². The first kappa shape index (κ1) is 35.2. The summed E-state index contributed by atoms with van der Waals surface area (Å²) in [5.41, 5.74) is 11.1. The number of hydrogen-bond acceptors (Lipinski definition) is 9. The number of benzene rings is 2. The Morgan fingerprint density at radius 1 is 0.565 bits per heavy atom. The number of thioether (sulfide) groups is 8. The molecule has 4 bridgehead atoms. The molecule has 0 N–H and O–H groups in total. The van der Waals surface area contributed by atoms with Gasteiger partial charge in [-0.2, -0.15) is 0 Å². The van der Waals surface area contributed by atoms with Gasteiger partial charge in [-0.15, -0.1) is 47.0 Å². The molecule has 0 saturated heterocycles. The number of nitrogens with zero attached hydrogens (tertiary/aromatic N) is 1. The van der Waals surface area contributed by atoms with Crippen LogP contribution >= 0.6 is 94.1 Å². The highest BCUT2D eigenvalue weighted by Gasteiger charge is 2.27. The first-order valence-electron chi connectivity index (χ1n) is 15.8. The van der Waals surface area contributed by atoms with Crippen molar-refractivity contribution in [3.63, 3.8) is 0 Å². The molecule has 0 unspecified atom stereocenters. The molecule has 0 amide bonds. The normalized spacial score (nSPS) is 17.2. The van der Waals surface area contributed by atoms with Crippen molar-refractivity contribution in [2.75, 3.05) is 23.0 Å². The van der Waals surface area contributed by atoms with Crippen molar-refractivity contribution in [2.24, 2.45) is 0 Å². The quantitative estimate of drug-likeness (QED) is 0.210. The van der Waals surface area contributed by atoms with Gasteiger partial charge in [0.25, 0.3) is 0 Å². The van der Waals surface area contributed by atoms with Crippen LogP contribution in [0.15, 0.2) is 104 Å². The Labute approximate surface area is 309 Å². The summed E-state index contributed by atoms with van der Waals surface area (Å²) in [6, 6.07) is 21.1.